The second kappa shape index (κ2) is 9.27. The number of rotatable bonds is 6. The van der Waals surface area contributed by atoms with Gasteiger partial charge in [0.2, 0.25) is 5.91 Å². The van der Waals surface area contributed by atoms with Crippen molar-refractivity contribution in [1.82, 2.24) is 9.80 Å². The minimum absolute atomic E-state index is 0.0413. The van der Waals surface area contributed by atoms with Crippen LogP contribution in [0.2, 0.25) is 0 Å². The minimum atomic E-state index is -0.851. The van der Waals surface area contributed by atoms with E-state index >= 15 is 0 Å². The van der Waals surface area contributed by atoms with Gasteiger partial charge in [0.05, 0.1) is 31.6 Å². The van der Waals surface area contributed by atoms with Gasteiger partial charge in [0.25, 0.3) is 11.8 Å². The predicted octanol–water partition coefficient (Wildman–Crippen LogP) is 1.99. The molecular weight excluding hydrogens is 501 g/mol. The van der Waals surface area contributed by atoms with Gasteiger partial charge in [-0.2, -0.15) is 0 Å². The molecule has 1 atom stereocenters. The average Bonchev–Trinajstić information content (AvgIpc) is 3.39. The Hall–Kier alpha value is -2.24. The number of amides is 3. The Morgan fingerprint density at radius 1 is 1.13 bits per heavy atom. The maximum absolute atomic E-state index is 13.2. The number of halogens is 1. The molecule has 9 heteroatoms. The normalized spacial score (nSPS) is 20.0. The second-order valence-electron chi connectivity index (χ2n) is 7.19. The molecule has 2 saturated heterocycles. The fourth-order valence-corrected chi connectivity index (χ4v) is 4.10. The van der Waals surface area contributed by atoms with Crippen molar-refractivity contribution in [2.24, 2.45) is 0 Å². The second-order valence-corrected chi connectivity index (χ2v) is 8.44. The van der Waals surface area contributed by atoms with Gasteiger partial charge in [-0.1, -0.05) is 0 Å². The highest BCUT2D eigenvalue weighted by Gasteiger charge is 2.45. The van der Waals surface area contributed by atoms with Crippen LogP contribution in [0.4, 0.5) is 5.69 Å². The number of nitrogens with zero attached hydrogens (tertiary/aromatic N) is 3. The molecule has 1 unspecified atom stereocenters. The smallest absolute Gasteiger partial charge is 0.290 e. The molecule has 1 aromatic carbocycles. The molecule has 0 saturated carbocycles. The van der Waals surface area contributed by atoms with Gasteiger partial charge >= 0.3 is 0 Å². The number of benzene rings is 1. The Morgan fingerprint density at radius 2 is 1.87 bits per heavy atom. The number of hydrogen-bond acceptors (Lipinski definition) is 6. The number of carbonyl (C=O) groups excluding carboxylic acids is 3. The summed E-state index contributed by atoms with van der Waals surface area (Å²) in [5.41, 5.74) is 0.520. The lowest BCUT2D eigenvalue weighted by Gasteiger charge is -2.31. The molecule has 4 rings (SSSR count). The van der Waals surface area contributed by atoms with Crippen molar-refractivity contribution in [1.29, 1.82) is 0 Å². The van der Waals surface area contributed by atoms with Crippen molar-refractivity contribution in [3.8, 4) is 0 Å². The summed E-state index contributed by atoms with van der Waals surface area (Å²) < 4.78 is 11.7. The molecule has 0 radical (unpaired) electrons. The number of morpholine rings is 1. The topological polar surface area (TPSA) is 83.3 Å². The number of carbonyl (C=O) groups is 3. The molecule has 0 bridgehead atoms. The van der Waals surface area contributed by atoms with Crippen molar-refractivity contribution >= 4 is 46.0 Å². The summed E-state index contributed by atoms with van der Waals surface area (Å²) in [7, 11) is 0. The average molecular weight is 523 g/mol. The highest BCUT2D eigenvalue weighted by Crippen LogP contribution is 2.27. The summed E-state index contributed by atoms with van der Waals surface area (Å²) in [5, 5.41) is 0. The number of hydrogen-bond donors (Lipinski definition) is 0. The first-order valence-electron chi connectivity index (χ1n) is 9.81. The van der Waals surface area contributed by atoms with E-state index in [1.165, 1.54) is 16.1 Å². The molecule has 158 valence electrons. The zero-order chi connectivity index (χ0) is 21.1. The van der Waals surface area contributed by atoms with E-state index in [2.05, 4.69) is 27.5 Å². The van der Waals surface area contributed by atoms with Crippen LogP contribution >= 0.6 is 22.6 Å². The van der Waals surface area contributed by atoms with E-state index in [9.17, 15) is 14.4 Å². The Labute approximate surface area is 187 Å². The van der Waals surface area contributed by atoms with Crippen molar-refractivity contribution in [2.75, 3.05) is 44.3 Å². The lowest BCUT2D eigenvalue weighted by molar-refractivity contribution is -0.122. The van der Waals surface area contributed by atoms with E-state index in [0.717, 1.165) is 16.7 Å². The maximum atomic E-state index is 13.2. The van der Waals surface area contributed by atoms with E-state index in [0.29, 0.717) is 32.0 Å². The largest absolute Gasteiger partial charge is 0.459 e. The van der Waals surface area contributed by atoms with E-state index < -0.39 is 6.04 Å². The Kier molecular flexibility index (Phi) is 6.49. The molecule has 1 aromatic heterocycles. The van der Waals surface area contributed by atoms with Gasteiger partial charge in [0.15, 0.2) is 5.76 Å². The van der Waals surface area contributed by atoms with Crippen LogP contribution in [0, 0.1) is 3.57 Å². The Morgan fingerprint density at radius 3 is 2.53 bits per heavy atom. The van der Waals surface area contributed by atoms with Gasteiger partial charge in [-0.3, -0.25) is 19.3 Å². The summed E-state index contributed by atoms with van der Waals surface area (Å²) in [5.74, 6) is -0.924. The zero-order valence-corrected chi connectivity index (χ0v) is 18.5. The van der Waals surface area contributed by atoms with Crippen LogP contribution in [-0.2, 0) is 14.3 Å². The molecule has 2 aliphatic heterocycles. The first-order valence-corrected chi connectivity index (χ1v) is 10.9. The van der Waals surface area contributed by atoms with E-state index in [1.807, 2.05) is 12.1 Å². The van der Waals surface area contributed by atoms with E-state index in [1.54, 1.807) is 24.3 Å². The fraction of sp³-hybridized carbons (Fsp3) is 0.381. The van der Waals surface area contributed by atoms with Gasteiger partial charge in [0.1, 0.15) is 6.04 Å². The highest BCUT2D eigenvalue weighted by molar-refractivity contribution is 14.1. The van der Waals surface area contributed by atoms with Crippen LogP contribution in [0.25, 0.3) is 0 Å². The Bertz CT molecular complexity index is 909. The predicted molar refractivity (Wildman–Crippen MR) is 117 cm³/mol. The molecule has 0 N–H and O–H groups in total. The van der Waals surface area contributed by atoms with E-state index in [4.69, 9.17) is 9.15 Å². The third kappa shape index (κ3) is 4.42. The van der Waals surface area contributed by atoms with Gasteiger partial charge in [-0.25, -0.2) is 4.90 Å². The third-order valence-corrected chi connectivity index (χ3v) is 6.06. The lowest BCUT2D eigenvalue weighted by atomic mass is 10.2. The first kappa shape index (κ1) is 21.0. The summed E-state index contributed by atoms with van der Waals surface area (Å²) >= 11 is 2.17. The number of ether oxygens (including phenoxy) is 1. The molecule has 0 aliphatic carbocycles. The molecule has 2 aromatic rings. The standard InChI is InChI=1S/C21H22IN3O5/c22-15-3-5-16(6-4-15)25-19(26)14-17(20(25)27)24(21(28)18-2-1-11-30-18)8-7-23-9-12-29-13-10-23/h1-6,11,17H,7-10,12-14H2. The molecule has 0 spiro atoms. The summed E-state index contributed by atoms with van der Waals surface area (Å²) in [6.07, 6.45) is 1.38. The van der Waals surface area contributed by atoms with Crippen molar-refractivity contribution in [3.63, 3.8) is 0 Å². The van der Waals surface area contributed by atoms with Crippen molar-refractivity contribution < 1.29 is 23.5 Å². The maximum Gasteiger partial charge on any atom is 0.290 e. The molecule has 3 heterocycles. The van der Waals surface area contributed by atoms with Gasteiger partial charge in [-0.15, -0.1) is 0 Å². The van der Waals surface area contributed by atoms with E-state index in [-0.39, 0.29) is 29.9 Å². The quantitative estimate of drug-likeness (QED) is 0.426. The van der Waals surface area contributed by atoms with Crippen LogP contribution < -0.4 is 4.90 Å². The lowest BCUT2D eigenvalue weighted by Crippen LogP contribution is -2.49. The van der Waals surface area contributed by atoms with Crippen LogP contribution in [0.3, 0.4) is 0 Å². The number of imide groups is 1. The van der Waals surface area contributed by atoms with Crippen LogP contribution in [0.1, 0.15) is 17.0 Å². The van der Waals surface area contributed by atoms with Gasteiger partial charge in [-0.05, 0) is 59.0 Å². The zero-order valence-electron chi connectivity index (χ0n) is 16.3. The summed E-state index contributed by atoms with van der Waals surface area (Å²) in [6.45, 7) is 3.76. The fourth-order valence-electron chi connectivity index (χ4n) is 3.74. The SMILES string of the molecule is O=C1CC(N(CCN2CCOCC2)C(=O)c2ccco2)C(=O)N1c1ccc(I)cc1. The number of furan rings is 1. The Balaban J connectivity index is 1.56. The summed E-state index contributed by atoms with van der Waals surface area (Å²) in [6, 6.07) is 9.52. The molecule has 2 fully saturated rings. The molecule has 2 aliphatic rings. The first-order chi connectivity index (χ1) is 14.5. The van der Waals surface area contributed by atoms with Crippen LogP contribution in [0.5, 0.6) is 0 Å². The third-order valence-electron chi connectivity index (χ3n) is 5.34. The summed E-state index contributed by atoms with van der Waals surface area (Å²) in [4.78, 5) is 43.9. The number of anilines is 1. The molecule has 3 amide bonds. The van der Waals surface area contributed by atoms with Crippen LogP contribution in [0.15, 0.2) is 47.1 Å². The molecular formula is C21H22IN3O5. The van der Waals surface area contributed by atoms with Gasteiger partial charge < -0.3 is 14.1 Å². The van der Waals surface area contributed by atoms with Gasteiger partial charge in [0, 0.05) is 29.7 Å². The van der Waals surface area contributed by atoms with Crippen LogP contribution in [-0.4, -0.2) is 73.0 Å². The monoisotopic (exact) mass is 523 g/mol. The molecule has 30 heavy (non-hydrogen) atoms. The minimum Gasteiger partial charge on any atom is -0.459 e. The molecule has 8 nitrogen and oxygen atoms in total. The van der Waals surface area contributed by atoms with Crippen molar-refractivity contribution in [2.45, 2.75) is 12.5 Å². The van der Waals surface area contributed by atoms with Crippen molar-refractivity contribution in [3.05, 3.63) is 52.0 Å². The highest BCUT2D eigenvalue weighted by atomic mass is 127.